The monoisotopic (exact) mass is 180 g/mol. The molecule has 1 aliphatic carbocycles. The van der Waals surface area contributed by atoms with Crippen LogP contribution < -0.4 is 5.73 Å². The molecule has 0 saturated heterocycles. The Kier molecular flexibility index (Phi) is 2.79. The van der Waals surface area contributed by atoms with E-state index in [9.17, 15) is 0 Å². The summed E-state index contributed by atoms with van der Waals surface area (Å²) in [5.74, 6) is 1.38. The average Bonchev–Trinajstić information content (AvgIpc) is 2.49. The van der Waals surface area contributed by atoms with E-state index in [1.807, 2.05) is 0 Å². The van der Waals surface area contributed by atoms with Gasteiger partial charge in [0.2, 0.25) is 0 Å². The number of aliphatic imine (C=N–C) groups is 1. The van der Waals surface area contributed by atoms with E-state index in [4.69, 9.17) is 5.73 Å². The Labute approximate surface area is 80.9 Å². The Morgan fingerprint density at radius 2 is 2.08 bits per heavy atom. The first-order valence-electron chi connectivity index (χ1n) is 4.85. The van der Waals surface area contributed by atoms with E-state index in [0.29, 0.717) is 17.3 Å². The van der Waals surface area contributed by atoms with Gasteiger partial charge in [-0.2, -0.15) is 0 Å². The summed E-state index contributed by atoms with van der Waals surface area (Å²) in [6.07, 6.45) is 3.77. The summed E-state index contributed by atoms with van der Waals surface area (Å²) in [5.41, 5.74) is 7.05. The molecule has 2 atom stereocenters. The Morgan fingerprint density at radius 1 is 1.46 bits per heavy atom. The molecule has 2 nitrogen and oxygen atoms in total. The molecule has 0 bridgehead atoms. The lowest BCUT2D eigenvalue weighted by Crippen LogP contribution is -1.96. The van der Waals surface area contributed by atoms with Crippen molar-refractivity contribution < 1.29 is 0 Å². The van der Waals surface area contributed by atoms with Crippen LogP contribution in [0.3, 0.4) is 0 Å². The summed E-state index contributed by atoms with van der Waals surface area (Å²) in [6.45, 7) is 9.77. The molecule has 0 aromatic carbocycles. The first kappa shape index (κ1) is 10.3. The molecule has 1 rings (SSSR count). The summed E-state index contributed by atoms with van der Waals surface area (Å²) >= 11 is 0. The minimum atomic E-state index is 0.420. The van der Waals surface area contributed by atoms with Gasteiger partial charge in [-0.25, -0.2) is 0 Å². The van der Waals surface area contributed by atoms with Crippen LogP contribution in [0.25, 0.3) is 0 Å². The van der Waals surface area contributed by atoms with Gasteiger partial charge in [0.1, 0.15) is 0 Å². The maximum Gasteiger partial charge on any atom is 0.0797 e. The molecule has 0 aliphatic heterocycles. The van der Waals surface area contributed by atoms with Gasteiger partial charge >= 0.3 is 0 Å². The number of nitrogens with zero attached hydrogens (tertiary/aromatic N) is 1. The molecule has 2 unspecified atom stereocenters. The minimum absolute atomic E-state index is 0.420. The van der Waals surface area contributed by atoms with Crippen molar-refractivity contribution in [3.63, 3.8) is 0 Å². The predicted molar refractivity (Wildman–Crippen MR) is 57.7 cm³/mol. The van der Waals surface area contributed by atoms with Crippen LogP contribution in [0, 0.1) is 17.3 Å². The molecule has 74 valence electrons. The predicted octanol–water partition coefficient (Wildman–Crippen LogP) is 2.21. The van der Waals surface area contributed by atoms with E-state index in [1.165, 1.54) is 11.9 Å². The van der Waals surface area contributed by atoms with Crippen molar-refractivity contribution in [3.8, 4) is 0 Å². The summed E-state index contributed by atoms with van der Waals surface area (Å²) in [4.78, 5) is 4.11. The van der Waals surface area contributed by atoms with Gasteiger partial charge < -0.3 is 5.73 Å². The maximum absolute atomic E-state index is 5.23. The van der Waals surface area contributed by atoms with Gasteiger partial charge in [0, 0.05) is 6.54 Å². The van der Waals surface area contributed by atoms with Gasteiger partial charge in [-0.15, -0.1) is 0 Å². The molecule has 1 aliphatic rings. The second kappa shape index (κ2) is 3.52. The zero-order valence-corrected chi connectivity index (χ0v) is 9.04. The standard InChI is InChI=1S/C11H20N2/c1-8(2)5-9-10(6-13-7-12)11(9,3)4/h5,7,9-10H,6H2,1-4H3,(H2,12,13). The highest BCUT2D eigenvalue weighted by atomic mass is 14.8. The Morgan fingerprint density at radius 3 is 2.54 bits per heavy atom. The van der Waals surface area contributed by atoms with E-state index in [2.05, 4.69) is 38.8 Å². The van der Waals surface area contributed by atoms with Crippen LogP contribution in [0.4, 0.5) is 0 Å². The Bertz CT molecular complexity index is 234. The van der Waals surface area contributed by atoms with Gasteiger partial charge in [0.15, 0.2) is 0 Å². The number of allylic oxidation sites excluding steroid dienone is 2. The average molecular weight is 180 g/mol. The van der Waals surface area contributed by atoms with Crippen LogP contribution in [0.5, 0.6) is 0 Å². The largest absolute Gasteiger partial charge is 0.390 e. The van der Waals surface area contributed by atoms with E-state index in [1.54, 1.807) is 0 Å². The molecule has 2 N–H and O–H groups in total. The van der Waals surface area contributed by atoms with E-state index < -0.39 is 0 Å². The van der Waals surface area contributed by atoms with Gasteiger partial charge in [-0.1, -0.05) is 25.5 Å². The number of hydrogen-bond donors (Lipinski definition) is 1. The fourth-order valence-corrected chi connectivity index (χ4v) is 2.00. The zero-order valence-electron chi connectivity index (χ0n) is 9.04. The van der Waals surface area contributed by atoms with Crippen LogP contribution in [0.15, 0.2) is 16.6 Å². The quantitative estimate of drug-likeness (QED) is 0.403. The molecule has 0 aromatic heterocycles. The van der Waals surface area contributed by atoms with Crippen molar-refractivity contribution in [2.24, 2.45) is 28.0 Å². The van der Waals surface area contributed by atoms with Crippen molar-refractivity contribution in [2.75, 3.05) is 6.54 Å². The fraction of sp³-hybridized carbons (Fsp3) is 0.727. The summed E-state index contributed by atoms with van der Waals surface area (Å²) in [7, 11) is 0. The molecular weight excluding hydrogens is 160 g/mol. The van der Waals surface area contributed by atoms with Gasteiger partial charge in [0.05, 0.1) is 6.34 Å². The molecule has 1 saturated carbocycles. The number of hydrogen-bond acceptors (Lipinski definition) is 1. The molecule has 0 spiro atoms. The summed E-state index contributed by atoms with van der Waals surface area (Å²) in [6, 6.07) is 0. The topological polar surface area (TPSA) is 38.4 Å². The Hall–Kier alpha value is -0.790. The molecule has 13 heavy (non-hydrogen) atoms. The summed E-state index contributed by atoms with van der Waals surface area (Å²) < 4.78 is 0. The van der Waals surface area contributed by atoms with Crippen molar-refractivity contribution in [3.05, 3.63) is 11.6 Å². The Balaban J connectivity index is 2.56. The van der Waals surface area contributed by atoms with Crippen molar-refractivity contribution in [2.45, 2.75) is 27.7 Å². The number of rotatable bonds is 3. The molecule has 0 radical (unpaired) electrons. The van der Waals surface area contributed by atoms with Gasteiger partial charge in [-0.05, 0) is 31.1 Å². The highest BCUT2D eigenvalue weighted by Crippen LogP contribution is 2.59. The second-order valence-electron chi connectivity index (χ2n) is 4.71. The van der Waals surface area contributed by atoms with Crippen LogP contribution in [-0.4, -0.2) is 12.9 Å². The second-order valence-corrected chi connectivity index (χ2v) is 4.71. The molecule has 0 aromatic rings. The third-order valence-electron chi connectivity index (χ3n) is 3.06. The first-order chi connectivity index (χ1) is 6.00. The van der Waals surface area contributed by atoms with Gasteiger partial charge in [-0.3, -0.25) is 4.99 Å². The minimum Gasteiger partial charge on any atom is -0.390 e. The lowest BCUT2D eigenvalue weighted by atomic mass is 10.1. The fourth-order valence-electron chi connectivity index (χ4n) is 2.00. The van der Waals surface area contributed by atoms with Crippen LogP contribution in [0.1, 0.15) is 27.7 Å². The molecule has 0 amide bonds. The zero-order chi connectivity index (χ0) is 10.1. The molecule has 1 fully saturated rings. The van der Waals surface area contributed by atoms with Gasteiger partial charge in [0.25, 0.3) is 0 Å². The third-order valence-corrected chi connectivity index (χ3v) is 3.06. The van der Waals surface area contributed by atoms with E-state index in [-0.39, 0.29) is 0 Å². The SMILES string of the molecule is CC(C)=CC1C(CN=CN)C1(C)C. The highest BCUT2D eigenvalue weighted by molar-refractivity contribution is 5.51. The van der Waals surface area contributed by atoms with Crippen molar-refractivity contribution in [1.82, 2.24) is 0 Å². The summed E-state index contributed by atoms with van der Waals surface area (Å²) in [5, 5.41) is 0. The van der Waals surface area contributed by atoms with Crippen LogP contribution >= 0.6 is 0 Å². The first-order valence-corrected chi connectivity index (χ1v) is 4.85. The lowest BCUT2D eigenvalue weighted by Gasteiger charge is -1.98. The van der Waals surface area contributed by atoms with E-state index >= 15 is 0 Å². The third kappa shape index (κ3) is 2.11. The normalized spacial score (nSPS) is 30.5. The lowest BCUT2D eigenvalue weighted by molar-refractivity contribution is 0.556. The molecule has 0 heterocycles. The number of nitrogens with two attached hydrogens (primary N) is 1. The smallest absolute Gasteiger partial charge is 0.0797 e. The molecular formula is C11H20N2. The van der Waals surface area contributed by atoms with Crippen LogP contribution in [-0.2, 0) is 0 Å². The van der Waals surface area contributed by atoms with E-state index in [0.717, 1.165) is 6.54 Å². The van der Waals surface area contributed by atoms with Crippen molar-refractivity contribution >= 4 is 6.34 Å². The molecule has 2 heteroatoms. The maximum atomic E-state index is 5.23. The highest BCUT2D eigenvalue weighted by Gasteiger charge is 2.55. The van der Waals surface area contributed by atoms with Crippen LogP contribution in [0.2, 0.25) is 0 Å². The van der Waals surface area contributed by atoms with Crippen molar-refractivity contribution in [1.29, 1.82) is 0 Å².